The molecule has 2 aromatic carbocycles. The summed E-state index contributed by atoms with van der Waals surface area (Å²) in [5, 5.41) is 4.55. The molecule has 0 N–H and O–H groups in total. The lowest BCUT2D eigenvalue weighted by Gasteiger charge is -2.07. The summed E-state index contributed by atoms with van der Waals surface area (Å²) in [5.74, 6) is 1.04. The van der Waals surface area contributed by atoms with Gasteiger partial charge in [0.1, 0.15) is 5.75 Å². The van der Waals surface area contributed by atoms with Gasteiger partial charge in [0.2, 0.25) is 0 Å². The maximum atomic E-state index is 6.14. The Morgan fingerprint density at radius 1 is 0.944 bits per heavy atom. The van der Waals surface area contributed by atoms with E-state index in [9.17, 15) is 0 Å². The largest absolute Gasteiger partial charge is 0.472 e. The Labute approximate surface area is 113 Å². The number of hydrogen-bond acceptors (Lipinski definition) is 3. The highest BCUT2D eigenvalue weighted by molar-refractivity contribution is 7.99. The topological polar surface area (TPSA) is 9.23 Å². The van der Waals surface area contributed by atoms with Gasteiger partial charge < -0.3 is 4.74 Å². The van der Waals surface area contributed by atoms with Crippen molar-refractivity contribution in [1.82, 2.24) is 0 Å². The minimum absolute atomic E-state index is 0.116. The molecule has 0 aliphatic carbocycles. The summed E-state index contributed by atoms with van der Waals surface area (Å²) >= 11 is 3.55. The lowest BCUT2D eigenvalue weighted by atomic mass is 10.1. The average molecular weight is 270 g/mol. The Bertz CT molecular complexity index is 704. The van der Waals surface area contributed by atoms with Crippen molar-refractivity contribution < 1.29 is 4.74 Å². The first-order valence-electron chi connectivity index (χ1n) is 5.80. The quantitative estimate of drug-likeness (QED) is 0.609. The molecule has 0 radical (unpaired) electrons. The van der Waals surface area contributed by atoms with Gasteiger partial charge in [0.05, 0.1) is 9.77 Å². The maximum absolute atomic E-state index is 6.14. The third-order valence-electron chi connectivity index (χ3n) is 3.08. The fraction of sp³-hybridized carbons (Fsp3) is 0.0667. The highest BCUT2D eigenvalue weighted by Crippen LogP contribution is 2.51. The van der Waals surface area contributed by atoms with Crippen molar-refractivity contribution in [2.45, 2.75) is 10.3 Å². The zero-order chi connectivity index (χ0) is 11.9. The summed E-state index contributed by atoms with van der Waals surface area (Å²) in [6.07, 6.45) is 0. The lowest BCUT2D eigenvalue weighted by molar-refractivity contribution is 0.309. The Morgan fingerprint density at radius 2 is 1.89 bits per heavy atom. The molecule has 0 fully saturated rings. The summed E-state index contributed by atoms with van der Waals surface area (Å²) in [7, 11) is 0. The summed E-state index contributed by atoms with van der Waals surface area (Å²) in [4.78, 5) is 2.52. The van der Waals surface area contributed by atoms with Gasteiger partial charge >= 0.3 is 0 Å². The molecule has 4 rings (SSSR count). The van der Waals surface area contributed by atoms with Crippen molar-refractivity contribution >= 4 is 33.9 Å². The molecule has 0 saturated heterocycles. The fourth-order valence-electron chi connectivity index (χ4n) is 2.23. The molecule has 3 heteroatoms. The van der Waals surface area contributed by atoms with Crippen LogP contribution in [0.15, 0.2) is 58.8 Å². The molecule has 0 saturated carbocycles. The van der Waals surface area contributed by atoms with Crippen LogP contribution in [0, 0.1) is 0 Å². The first-order chi connectivity index (χ1) is 8.92. The third kappa shape index (κ3) is 1.55. The van der Waals surface area contributed by atoms with Gasteiger partial charge in [-0.1, -0.05) is 48.2 Å². The molecule has 1 unspecified atom stereocenters. The second kappa shape index (κ2) is 4.04. The van der Waals surface area contributed by atoms with Gasteiger partial charge in [-0.25, -0.2) is 0 Å². The highest BCUT2D eigenvalue weighted by atomic mass is 32.2. The van der Waals surface area contributed by atoms with Crippen molar-refractivity contribution in [1.29, 1.82) is 0 Å². The molecule has 1 nitrogen and oxygen atoms in total. The molecular formula is C15H10OS2. The van der Waals surface area contributed by atoms with E-state index in [1.165, 1.54) is 20.5 Å². The Morgan fingerprint density at radius 3 is 2.78 bits per heavy atom. The zero-order valence-corrected chi connectivity index (χ0v) is 11.1. The Kier molecular flexibility index (Phi) is 2.35. The average Bonchev–Trinajstić information content (AvgIpc) is 3.07. The molecule has 88 valence electrons. The van der Waals surface area contributed by atoms with Gasteiger partial charge in [-0.2, -0.15) is 0 Å². The molecule has 1 aromatic heterocycles. The summed E-state index contributed by atoms with van der Waals surface area (Å²) < 4.78 is 6.14. The van der Waals surface area contributed by atoms with E-state index in [4.69, 9.17) is 4.74 Å². The van der Waals surface area contributed by atoms with Crippen LogP contribution >= 0.6 is 23.1 Å². The van der Waals surface area contributed by atoms with Crippen molar-refractivity contribution in [3.05, 3.63) is 58.8 Å². The minimum Gasteiger partial charge on any atom is -0.472 e. The van der Waals surface area contributed by atoms with Gasteiger partial charge in [-0.15, -0.1) is 11.3 Å². The second-order valence-electron chi connectivity index (χ2n) is 4.20. The smallest absolute Gasteiger partial charge is 0.183 e. The SMILES string of the molecule is c1csc(C2Oc3c(ccc4ccccc34)S2)c1. The number of rotatable bonds is 1. The van der Waals surface area contributed by atoms with E-state index >= 15 is 0 Å². The number of hydrogen-bond donors (Lipinski definition) is 0. The van der Waals surface area contributed by atoms with E-state index in [-0.39, 0.29) is 5.44 Å². The van der Waals surface area contributed by atoms with Crippen molar-refractivity contribution in [2.24, 2.45) is 0 Å². The van der Waals surface area contributed by atoms with Crippen LogP contribution in [-0.4, -0.2) is 0 Å². The first kappa shape index (κ1) is 10.5. The standard InChI is InChI=1S/C15H10OS2/c1-2-5-11-10(4-1)7-8-12-14(11)16-15(18-12)13-6-3-9-17-13/h1-9,15H. The van der Waals surface area contributed by atoms with Crippen LogP contribution in [0.3, 0.4) is 0 Å². The highest BCUT2D eigenvalue weighted by Gasteiger charge is 2.27. The van der Waals surface area contributed by atoms with E-state index in [1.54, 1.807) is 23.1 Å². The molecule has 0 amide bonds. The van der Waals surface area contributed by atoms with E-state index in [0.29, 0.717) is 0 Å². The molecule has 0 spiro atoms. The predicted molar refractivity (Wildman–Crippen MR) is 77.5 cm³/mol. The van der Waals surface area contributed by atoms with Crippen LogP contribution in [-0.2, 0) is 0 Å². The van der Waals surface area contributed by atoms with Crippen LogP contribution in [0.5, 0.6) is 5.75 Å². The van der Waals surface area contributed by atoms with E-state index in [0.717, 1.165) is 5.75 Å². The lowest BCUT2D eigenvalue weighted by Crippen LogP contribution is -1.94. The monoisotopic (exact) mass is 270 g/mol. The molecular weight excluding hydrogens is 260 g/mol. The molecule has 1 aliphatic rings. The van der Waals surface area contributed by atoms with Crippen LogP contribution in [0.25, 0.3) is 10.8 Å². The third-order valence-corrected chi connectivity index (χ3v) is 5.28. The molecule has 3 aromatic rings. The molecule has 0 bridgehead atoms. The van der Waals surface area contributed by atoms with E-state index in [1.807, 2.05) is 0 Å². The first-order valence-corrected chi connectivity index (χ1v) is 7.56. The number of thiophene rings is 1. The number of fused-ring (bicyclic) bond motifs is 3. The van der Waals surface area contributed by atoms with Crippen molar-refractivity contribution in [3.8, 4) is 5.75 Å². The fourth-order valence-corrected chi connectivity index (χ4v) is 4.15. The van der Waals surface area contributed by atoms with Crippen molar-refractivity contribution in [2.75, 3.05) is 0 Å². The predicted octanol–water partition coefficient (Wildman–Crippen LogP) is 5.08. The Balaban J connectivity index is 1.83. The zero-order valence-electron chi connectivity index (χ0n) is 9.50. The molecule has 1 aliphatic heterocycles. The van der Waals surface area contributed by atoms with Gasteiger partial charge in [-0.3, -0.25) is 0 Å². The molecule has 1 atom stereocenters. The minimum atomic E-state index is 0.116. The summed E-state index contributed by atoms with van der Waals surface area (Å²) in [6.45, 7) is 0. The molecule has 2 heterocycles. The summed E-state index contributed by atoms with van der Waals surface area (Å²) in [6, 6.07) is 16.9. The number of ether oxygens (including phenoxy) is 1. The second-order valence-corrected chi connectivity index (χ2v) is 6.28. The van der Waals surface area contributed by atoms with Crippen LogP contribution in [0.1, 0.15) is 10.3 Å². The van der Waals surface area contributed by atoms with Crippen LogP contribution in [0.2, 0.25) is 0 Å². The normalized spacial score (nSPS) is 17.7. The van der Waals surface area contributed by atoms with Crippen molar-refractivity contribution in [3.63, 3.8) is 0 Å². The van der Waals surface area contributed by atoms with E-state index in [2.05, 4.69) is 53.9 Å². The van der Waals surface area contributed by atoms with E-state index < -0.39 is 0 Å². The maximum Gasteiger partial charge on any atom is 0.183 e. The molecule has 18 heavy (non-hydrogen) atoms. The number of benzene rings is 2. The van der Waals surface area contributed by atoms with Gasteiger partial charge in [0.15, 0.2) is 5.44 Å². The van der Waals surface area contributed by atoms with Gasteiger partial charge in [0, 0.05) is 5.39 Å². The van der Waals surface area contributed by atoms with Gasteiger partial charge in [0.25, 0.3) is 0 Å². The summed E-state index contributed by atoms with van der Waals surface area (Å²) in [5.41, 5.74) is 0.116. The Hall–Kier alpha value is -1.45. The van der Waals surface area contributed by atoms with Crippen LogP contribution < -0.4 is 4.74 Å². The number of thioether (sulfide) groups is 1. The van der Waals surface area contributed by atoms with Crippen LogP contribution in [0.4, 0.5) is 0 Å². The van der Waals surface area contributed by atoms with Gasteiger partial charge in [-0.05, 0) is 22.9 Å².